The van der Waals surface area contributed by atoms with E-state index in [1.54, 1.807) is 6.20 Å². The quantitative estimate of drug-likeness (QED) is 0.746. The molecule has 2 rings (SSSR count). The van der Waals surface area contributed by atoms with E-state index in [0.717, 1.165) is 13.0 Å². The molecule has 1 fully saturated rings. The summed E-state index contributed by atoms with van der Waals surface area (Å²) in [5.41, 5.74) is 6.42. The second-order valence-corrected chi connectivity index (χ2v) is 4.36. The fourth-order valence-electron chi connectivity index (χ4n) is 2.31. The minimum absolute atomic E-state index is 0.158. The molecule has 1 atom stereocenters. The molecule has 1 aliphatic heterocycles. The Labute approximate surface area is 95.8 Å². The minimum Gasteiger partial charge on any atom is -0.359 e. The highest BCUT2D eigenvalue weighted by molar-refractivity contribution is 5.95. The van der Waals surface area contributed by atoms with Gasteiger partial charge in [-0.1, -0.05) is 6.42 Å². The van der Waals surface area contributed by atoms with Crippen LogP contribution in [0.25, 0.3) is 0 Å². The van der Waals surface area contributed by atoms with E-state index >= 15 is 0 Å². The number of carbonyl (C=O) groups is 1. The van der Waals surface area contributed by atoms with E-state index in [4.69, 9.17) is 5.73 Å². The van der Waals surface area contributed by atoms with Crippen LogP contribution in [0.1, 0.15) is 29.8 Å². The lowest BCUT2D eigenvalue weighted by molar-refractivity contribution is 0.0847. The number of nitrogens with one attached hydrogen (secondary N) is 1. The zero-order valence-electron chi connectivity index (χ0n) is 9.48. The van der Waals surface area contributed by atoms with Gasteiger partial charge in [-0.15, -0.1) is 0 Å². The Bertz CT molecular complexity index is 334. The van der Waals surface area contributed by atoms with Gasteiger partial charge in [0.25, 0.3) is 0 Å². The first-order valence-electron chi connectivity index (χ1n) is 5.92. The molecule has 0 unspecified atom stereocenters. The molecule has 4 heteroatoms. The number of nitrogens with two attached hydrogens (primary N) is 1. The van der Waals surface area contributed by atoms with Gasteiger partial charge in [0.1, 0.15) is 0 Å². The first-order valence-corrected chi connectivity index (χ1v) is 5.92. The zero-order valence-corrected chi connectivity index (χ0v) is 9.48. The van der Waals surface area contributed by atoms with Crippen molar-refractivity contribution < 1.29 is 4.79 Å². The molecule has 0 aliphatic carbocycles. The number of aromatic amines is 1. The van der Waals surface area contributed by atoms with Crippen molar-refractivity contribution in [1.29, 1.82) is 0 Å². The Morgan fingerprint density at radius 1 is 1.56 bits per heavy atom. The normalized spacial score (nSPS) is 22.2. The molecule has 1 aliphatic rings. The van der Waals surface area contributed by atoms with Crippen molar-refractivity contribution in [3.05, 3.63) is 24.0 Å². The molecule has 0 aromatic carbocycles. The molecule has 1 aromatic heterocycles. The van der Waals surface area contributed by atoms with Crippen LogP contribution in [0.2, 0.25) is 0 Å². The Morgan fingerprint density at radius 2 is 2.44 bits per heavy atom. The van der Waals surface area contributed by atoms with Gasteiger partial charge in [-0.25, -0.2) is 0 Å². The van der Waals surface area contributed by atoms with Crippen molar-refractivity contribution in [2.45, 2.75) is 25.3 Å². The van der Waals surface area contributed by atoms with Crippen LogP contribution in [-0.2, 0) is 0 Å². The average Bonchev–Trinajstić information content (AvgIpc) is 2.83. The van der Waals surface area contributed by atoms with Crippen molar-refractivity contribution >= 4 is 5.78 Å². The molecule has 2 heterocycles. The van der Waals surface area contributed by atoms with E-state index < -0.39 is 0 Å². The number of H-pyrrole nitrogens is 1. The molecule has 4 nitrogen and oxygen atoms in total. The molecule has 1 aromatic rings. The molecule has 3 N–H and O–H groups in total. The highest BCUT2D eigenvalue weighted by Crippen LogP contribution is 2.16. The lowest BCUT2D eigenvalue weighted by atomic mass is 10.0. The maximum Gasteiger partial charge on any atom is 0.192 e. The van der Waals surface area contributed by atoms with Crippen LogP contribution in [0, 0.1) is 0 Å². The molecular weight excluding hydrogens is 202 g/mol. The predicted molar refractivity (Wildman–Crippen MR) is 63.4 cm³/mol. The molecule has 0 amide bonds. The number of carbonyl (C=O) groups excluding carboxylic acids is 1. The summed E-state index contributed by atoms with van der Waals surface area (Å²) in [5, 5.41) is 0. The lowest BCUT2D eigenvalue weighted by Crippen LogP contribution is -2.46. The summed E-state index contributed by atoms with van der Waals surface area (Å²) in [4.78, 5) is 17.1. The van der Waals surface area contributed by atoms with Gasteiger partial charge >= 0.3 is 0 Å². The van der Waals surface area contributed by atoms with Crippen LogP contribution < -0.4 is 5.73 Å². The molecule has 0 saturated carbocycles. The number of hydrogen-bond acceptors (Lipinski definition) is 3. The summed E-state index contributed by atoms with van der Waals surface area (Å²) in [6.07, 6.45) is 5.31. The number of aromatic nitrogens is 1. The monoisotopic (exact) mass is 221 g/mol. The summed E-state index contributed by atoms with van der Waals surface area (Å²) in [6.45, 7) is 2.13. The maximum atomic E-state index is 11.9. The smallest absolute Gasteiger partial charge is 0.192 e. The highest BCUT2D eigenvalue weighted by Gasteiger charge is 2.23. The van der Waals surface area contributed by atoms with Gasteiger partial charge in [-0.3, -0.25) is 9.69 Å². The average molecular weight is 221 g/mol. The van der Waals surface area contributed by atoms with Crippen LogP contribution in [0.4, 0.5) is 0 Å². The van der Waals surface area contributed by atoms with E-state index in [2.05, 4.69) is 9.88 Å². The molecular formula is C12H19N3O. The largest absolute Gasteiger partial charge is 0.359 e. The molecule has 88 valence electrons. The van der Waals surface area contributed by atoms with Gasteiger partial charge < -0.3 is 10.7 Å². The number of nitrogens with zero attached hydrogens (tertiary/aromatic N) is 1. The fourth-order valence-corrected chi connectivity index (χ4v) is 2.31. The summed E-state index contributed by atoms with van der Waals surface area (Å²) in [7, 11) is 0. The summed E-state index contributed by atoms with van der Waals surface area (Å²) in [5.74, 6) is 0.158. The van der Waals surface area contributed by atoms with Crippen molar-refractivity contribution in [3.63, 3.8) is 0 Å². The number of rotatable bonds is 4. The molecule has 1 saturated heterocycles. The lowest BCUT2D eigenvalue weighted by Gasteiger charge is -2.34. The number of likely N-dealkylation sites (tertiary alicyclic amines) is 1. The third-order valence-electron chi connectivity index (χ3n) is 3.27. The predicted octanol–water partition coefficient (Wildman–Crippen LogP) is 1.01. The van der Waals surface area contributed by atoms with Crippen molar-refractivity contribution in [1.82, 2.24) is 9.88 Å². The summed E-state index contributed by atoms with van der Waals surface area (Å²) < 4.78 is 0. The highest BCUT2D eigenvalue weighted by atomic mass is 16.1. The minimum atomic E-state index is 0.158. The van der Waals surface area contributed by atoms with E-state index in [-0.39, 0.29) is 5.78 Å². The fraction of sp³-hybridized carbons (Fsp3) is 0.583. The standard InChI is InChI=1S/C12H19N3O/c13-8-10-4-1-2-7-15(10)9-12(16)11-5-3-6-14-11/h3,5-6,10,14H,1-2,4,7-9,13H2/t10-/m0/s1. The van der Waals surface area contributed by atoms with Crippen molar-refractivity contribution in [2.75, 3.05) is 19.6 Å². The third kappa shape index (κ3) is 2.51. The number of piperidine rings is 1. The Balaban J connectivity index is 1.95. The third-order valence-corrected chi connectivity index (χ3v) is 3.27. The van der Waals surface area contributed by atoms with Gasteiger partial charge in [-0.2, -0.15) is 0 Å². The Hall–Kier alpha value is -1.13. The van der Waals surface area contributed by atoms with Crippen LogP contribution in [0.15, 0.2) is 18.3 Å². The van der Waals surface area contributed by atoms with Gasteiger partial charge in [-0.05, 0) is 31.5 Å². The van der Waals surface area contributed by atoms with Gasteiger partial charge in [0, 0.05) is 18.8 Å². The van der Waals surface area contributed by atoms with E-state index in [0.29, 0.717) is 24.8 Å². The van der Waals surface area contributed by atoms with Crippen LogP contribution in [-0.4, -0.2) is 41.3 Å². The van der Waals surface area contributed by atoms with Crippen LogP contribution >= 0.6 is 0 Å². The van der Waals surface area contributed by atoms with Crippen molar-refractivity contribution in [2.24, 2.45) is 5.73 Å². The van der Waals surface area contributed by atoms with E-state index in [1.807, 2.05) is 12.1 Å². The van der Waals surface area contributed by atoms with Gasteiger partial charge in [0.05, 0.1) is 12.2 Å². The molecule has 16 heavy (non-hydrogen) atoms. The Morgan fingerprint density at radius 3 is 3.12 bits per heavy atom. The zero-order chi connectivity index (χ0) is 11.4. The Kier molecular flexibility index (Phi) is 3.74. The second-order valence-electron chi connectivity index (χ2n) is 4.36. The number of ketones is 1. The summed E-state index contributed by atoms with van der Waals surface area (Å²) in [6, 6.07) is 4.06. The number of hydrogen-bond donors (Lipinski definition) is 2. The molecule has 0 bridgehead atoms. The van der Waals surface area contributed by atoms with Crippen molar-refractivity contribution in [3.8, 4) is 0 Å². The van der Waals surface area contributed by atoms with Gasteiger partial charge in [0.2, 0.25) is 0 Å². The van der Waals surface area contributed by atoms with E-state index in [1.165, 1.54) is 12.8 Å². The molecule has 0 radical (unpaired) electrons. The summed E-state index contributed by atoms with van der Waals surface area (Å²) >= 11 is 0. The number of Topliss-reactive ketones (excluding diaryl/α,β-unsaturated/α-hetero) is 1. The SMILES string of the molecule is NC[C@@H]1CCCCN1CC(=O)c1ccc[nH]1. The van der Waals surface area contributed by atoms with Crippen LogP contribution in [0.5, 0.6) is 0 Å². The first kappa shape index (κ1) is 11.4. The molecule has 0 spiro atoms. The topological polar surface area (TPSA) is 62.1 Å². The maximum absolute atomic E-state index is 11.9. The second kappa shape index (κ2) is 5.27. The van der Waals surface area contributed by atoms with Crippen LogP contribution in [0.3, 0.4) is 0 Å². The first-order chi connectivity index (χ1) is 7.81. The van der Waals surface area contributed by atoms with E-state index in [9.17, 15) is 4.79 Å². The van der Waals surface area contributed by atoms with Gasteiger partial charge in [0.15, 0.2) is 5.78 Å².